The second kappa shape index (κ2) is 7.00. The number of hydrogen-bond acceptors (Lipinski definition) is 7. The van der Waals surface area contributed by atoms with Crippen molar-refractivity contribution in [1.29, 1.82) is 0 Å². The van der Waals surface area contributed by atoms with Crippen molar-refractivity contribution in [3.8, 4) is 0 Å². The third kappa shape index (κ3) is 4.11. The molecule has 0 unspecified atom stereocenters. The lowest BCUT2D eigenvalue weighted by atomic mass is 10.2. The van der Waals surface area contributed by atoms with Gasteiger partial charge in [0.25, 0.3) is 5.91 Å². The standard InChI is InChI=1S/C17H18N6O2/c1-11-8-16(22-25-11)21-15-9-14(18-10-19-15)17(24)20-12-4-6-13(7-5-12)23(2)3/h4-10H,1-3H3,(H,20,24)(H,18,19,21,22). The molecule has 0 aliphatic heterocycles. The number of nitrogens with one attached hydrogen (secondary N) is 2. The molecule has 3 rings (SSSR count). The maximum absolute atomic E-state index is 12.4. The molecule has 0 aliphatic carbocycles. The van der Waals surface area contributed by atoms with Crippen molar-refractivity contribution >= 4 is 28.9 Å². The summed E-state index contributed by atoms with van der Waals surface area (Å²) >= 11 is 0. The Kier molecular flexibility index (Phi) is 4.60. The third-order valence-electron chi connectivity index (χ3n) is 3.43. The highest BCUT2D eigenvalue weighted by Crippen LogP contribution is 2.17. The minimum atomic E-state index is -0.320. The summed E-state index contributed by atoms with van der Waals surface area (Å²) in [6, 6.07) is 10.8. The summed E-state index contributed by atoms with van der Waals surface area (Å²) in [5.41, 5.74) is 1.99. The molecule has 0 saturated heterocycles. The van der Waals surface area contributed by atoms with Crippen LogP contribution in [-0.4, -0.2) is 35.1 Å². The molecular weight excluding hydrogens is 320 g/mol. The van der Waals surface area contributed by atoms with E-state index in [-0.39, 0.29) is 11.6 Å². The molecule has 3 aromatic rings. The van der Waals surface area contributed by atoms with Crippen molar-refractivity contribution < 1.29 is 9.32 Å². The summed E-state index contributed by atoms with van der Waals surface area (Å²) in [6.45, 7) is 1.79. The Morgan fingerprint density at radius 1 is 1.08 bits per heavy atom. The molecule has 0 fully saturated rings. The molecule has 1 aromatic carbocycles. The molecule has 2 aromatic heterocycles. The Morgan fingerprint density at radius 3 is 2.48 bits per heavy atom. The van der Waals surface area contributed by atoms with Crippen LogP contribution in [0.1, 0.15) is 16.2 Å². The summed E-state index contributed by atoms with van der Waals surface area (Å²) in [7, 11) is 3.92. The Labute approximate surface area is 144 Å². The number of rotatable bonds is 5. The summed E-state index contributed by atoms with van der Waals surface area (Å²) in [4.78, 5) is 22.4. The minimum Gasteiger partial charge on any atom is -0.378 e. The van der Waals surface area contributed by atoms with E-state index in [4.69, 9.17) is 4.52 Å². The Hall–Kier alpha value is -3.42. The fourth-order valence-corrected chi connectivity index (χ4v) is 2.14. The molecule has 8 nitrogen and oxygen atoms in total. The molecule has 0 saturated carbocycles. The van der Waals surface area contributed by atoms with Crippen molar-refractivity contribution in [3.05, 3.63) is 54.2 Å². The molecule has 0 spiro atoms. The van der Waals surface area contributed by atoms with Gasteiger partial charge in [-0.2, -0.15) is 0 Å². The third-order valence-corrected chi connectivity index (χ3v) is 3.43. The van der Waals surface area contributed by atoms with Gasteiger partial charge in [-0.15, -0.1) is 0 Å². The molecule has 25 heavy (non-hydrogen) atoms. The first-order valence-electron chi connectivity index (χ1n) is 7.62. The van der Waals surface area contributed by atoms with E-state index in [1.54, 1.807) is 19.1 Å². The lowest BCUT2D eigenvalue weighted by Gasteiger charge is -2.13. The number of amides is 1. The van der Waals surface area contributed by atoms with Gasteiger partial charge < -0.3 is 20.1 Å². The molecule has 2 N–H and O–H groups in total. The van der Waals surface area contributed by atoms with Gasteiger partial charge >= 0.3 is 0 Å². The average molecular weight is 338 g/mol. The summed E-state index contributed by atoms with van der Waals surface area (Å²) in [5.74, 6) is 1.33. The second-order valence-electron chi connectivity index (χ2n) is 5.63. The van der Waals surface area contributed by atoms with E-state index < -0.39 is 0 Å². The summed E-state index contributed by atoms with van der Waals surface area (Å²) in [6.07, 6.45) is 1.32. The Bertz CT molecular complexity index is 873. The van der Waals surface area contributed by atoms with Gasteiger partial charge in [0.05, 0.1) is 0 Å². The fraction of sp³-hybridized carbons (Fsp3) is 0.176. The second-order valence-corrected chi connectivity index (χ2v) is 5.63. The highest BCUT2D eigenvalue weighted by atomic mass is 16.5. The predicted octanol–water partition coefficient (Wildman–Crippen LogP) is 2.83. The monoisotopic (exact) mass is 338 g/mol. The zero-order valence-electron chi connectivity index (χ0n) is 14.1. The molecule has 0 bridgehead atoms. The topological polar surface area (TPSA) is 96.2 Å². The van der Waals surface area contributed by atoms with Gasteiger partial charge in [-0.1, -0.05) is 5.16 Å². The van der Waals surface area contributed by atoms with Crippen molar-refractivity contribution in [1.82, 2.24) is 15.1 Å². The van der Waals surface area contributed by atoms with Gasteiger partial charge in [-0.25, -0.2) is 9.97 Å². The molecule has 8 heteroatoms. The average Bonchev–Trinajstić information content (AvgIpc) is 3.00. The smallest absolute Gasteiger partial charge is 0.274 e. The van der Waals surface area contributed by atoms with Crippen molar-refractivity contribution in [2.45, 2.75) is 6.92 Å². The zero-order chi connectivity index (χ0) is 17.8. The van der Waals surface area contributed by atoms with Gasteiger partial charge in [0.2, 0.25) is 0 Å². The van der Waals surface area contributed by atoms with Gasteiger partial charge in [0.1, 0.15) is 23.6 Å². The van der Waals surface area contributed by atoms with E-state index in [9.17, 15) is 4.79 Å². The molecule has 128 valence electrons. The van der Waals surface area contributed by atoms with Crippen molar-refractivity contribution in [2.24, 2.45) is 0 Å². The fourth-order valence-electron chi connectivity index (χ4n) is 2.14. The molecule has 1 amide bonds. The quantitative estimate of drug-likeness (QED) is 0.738. The first kappa shape index (κ1) is 16.4. The molecule has 0 atom stereocenters. The van der Waals surface area contributed by atoms with E-state index >= 15 is 0 Å². The van der Waals surface area contributed by atoms with E-state index in [2.05, 4.69) is 25.8 Å². The van der Waals surface area contributed by atoms with Crippen LogP contribution in [0.15, 0.2) is 47.2 Å². The van der Waals surface area contributed by atoms with Gasteiger partial charge in [-0.3, -0.25) is 4.79 Å². The maximum atomic E-state index is 12.4. The lowest BCUT2D eigenvalue weighted by molar-refractivity contribution is 0.102. The summed E-state index contributed by atoms with van der Waals surface area (Å²) < 4.78 is 4.98. The van der Waals surface area contributed by atoms with Crippen molar-refractivity contribution in [2.75, 3.05) is 29.6 Å². The first-order valence-corrected chi connectivity index (χ1v) is 7.62. The maximum Gasteiger partial charge on any atom is 0.274 e. The van der Waals surface area contributed by atoms with E-state index in [1.165, 1.54) is 6.33 Å². The van der Waals surface area contributed by atoms with Gasteiger partial charge in [0.15, 0.2) is 5.82 Å². The number of aromatic nitrogens is 3. The largest absolute Gasteiger partial charge is 0.378 e. The van der Waals surface area contributed by atoms with Gasteiger partial charge in [-0.05, 0) is 31.2 Å². The van der Waals surface area contributed by atoms with Crippen LogP contribution in [0.4, 0.5) is 23.0 Å². The van der Waals surface area contributed by atoms with Crippen molar-refractivity contribution in [3.63, 3.8) is 0 Å². The van der Waals surface area contributed by atoms with Crippen LogP contribution in [0.3, 0.4) is 0 Å². The van der Waals surface area contributed by atoms with E-state index in [1.807, 2.05) is 43.3 Å². The van der Waals surface area contributed by atoms with Crippen LogP contribution in [0.2, 0.25) is 0 Å². The SMILES string of the molecule is Cc1cc(Nc2cc(C(=O)Nc3ccc(N(C)C)cc3)ncn2)no1. The van der Waals surface area contributed by atoms with E-state index in [0.29, 0.717) is 23.1 Å². The van der Waals surface area contributed by atoms with Crippen LogP contribution >= 0.6 is 0 Å². The number of carbonyl (C=O) groups excluding carboxylic acids is 1. The van der Waals surface area contributed by atoms with E-state index in [0.717, 1.165) is 5.69 Å². The van der Waals surface area contributed by atoms with Crippen LogP contribution in [0.5, 0.6) is 0 Å². The molecule has 0 radical (unpaired) electrons. The van der Waals surface area contributed by atoms with Crippen LogP contribution in [0, 0.1) is 6.92 Å². The van der Waals surface area contributed by atoms with Crippen LogP contribution in [0.25, 0.3) is 0 Å². The normalized spacial score (nSPS) is 10.4. The Morgan fingerprint density at radius 2 is 1.84 bits per heavy atom. The Balaban J connectivity index is 1.70. The van der Waals surface area contributed by atoms with Gasteiger partial charge in [0, 0.05) is 37.6 Å². The minimum absolute atomic E-state index is 0.245. The zero-order valence-corrected chi connectivity index (χ0v) is 14.1. The number of anilines is 4. The molecule has 2 heterocycles. The number of hydrogen-bond donors (Lipinski definition) is 2. The highest BCUT2D eigenvalue weighted by Gasteiger charge is 2.10. The van der Waals surface area contributed by atoms with Crippen LogP contribution < -0.4 is 15.5 Å². The number of nitrogens with zero attached hydrogens (tertiary/aromatic N) is 4. The predicted molar refractivity (Wildman–Crippen MR) is 95.3 cm³/mol. The number of benzene rings is 1. The highest BCUT2D eigenvalue weighted by molar-refractivity contribution is 6.03. The number of aryl methyl sites for hydroxylation is 1. The van der Waals surface area contributed by atoms with Crippen LogP contribution in [-0.2, 0) is 0 Å². The first-order chi connectivity index (χ1) is 12.0. The summed E-state index contributed by atoms with van der Waals surface area (Å²) in [5, 5.41) is 9.60. The number of carbonyl (C=O) groups is 1. The molecular formula is C17H18N6O2. The molecule has 0 aliphatic rings. The lowest BCUT2D eigenvalue weighted by Crippen LogP contribution is -2.14.